The Balaban J connectivity index is 1.27. The molecule has 2 aromatic carbocycles. The molecule has 12 atom stereocenters. The minimum absolute atomic E-state index is 0.0289. The molecule has 2 aromatic rings. The van der Waals surface area contributed by atoms with Crippen LogP contribution in [0.2, 0.25) is 0 Å². The van der Waals surface area contributed by atoms with E-state index in [1.54, 1.807) is 31.2 Å². The number of nitrogens with one attached hydrogen (secondary N) is 1. The predicted molar refractivity (Wildman–Crippen MR) is 194 cm³/mol. The molecular formula is C35H43INO17P. The van der Waals surface area contributed by atoms with E-state index in [-0.39, 0.29) is 43.9 Å². The Labute approximate surface area is 329 Å². The molecule has 55 heavy (non-hydrogen) atoms. The van der Waals surface area contributed by atoms with Gasteiger partial charge in [-0.3, -0.25) is 14.2 Å². The first kappa shape index (κ1) is 40.2. The van der Waals surface area contributed by atoms with Crippen LogP contribution in [0.15, 0.2) is 24.3 Å². The maximum atomic E-state index is 14.1. The number of ether oxygens (including phenoxy) is 11. The summed E-state index contributed by atoms with van der Waals surface area (Å²) in [6, 6.07) is 5.80. The molecule has 0 bridgehead atoms. The first-order chi connectivity index (χ1) is 26.4. The van der Waals surface area contributed by atoms with E-state index in [2.05, 4.69) is 5.09 Å². The number of fused-ring (bicyclic) bond motifs is 4. The number of rotatable bonds is 13. The van der Waals surface area contributed by atoms with E-state index in [1.165, 1.54) is 28.3 Å². The Hall–Kier alpha value is -2.98. The quantitative estimate of drug-likeness (QED) is 0.114. The van der Waals surface area contributed by atoms with Gasteiger partial charge in [0.25, 0.3) is 0 Å². The topological polar surface area (TPSA) is 214 Å². The van der Waals surface area contributed by atoms with Crippen molar-refractivity contribution in [3.63, 3.8) is 0 Å². The molecule has 18 nitrogen and oxygen atoms in total. The average Bonchev–Trinajstić information content (AvgIpc) is 3.79. The summed E-state index contributed by atoms with van der Waals surface area (Å²) in [7, 11) is 0.157. The Bertz CT molecular complexity index is 1790. The summed E-state index contributed by atoms with van der Waals surface area (Å²) in [6.07, 6.45) is -7.06. The fourth-order valence-corrected chi connectivity index (χ4v) is 9.91. The van der Waals surface area contributed by atoms with Crippen LogP contribution in [0, 0.1) is 11.8 Å². The first-order valence-electron chi connectivity index (χ1n) is 17.6. The number of carbonyl (C=O) groups is 2. The van der Waals surface area contributed by atoms with Crippen molar-refractivity contribution in [3.05, 3.63) is 41.0 Å². The van der Waals surface area contributed by atoms with Crippen molar-refractivity contribution in [3.8, 4) is 28.7 Å². The SMILES string of the molecule is CCOC(=O)[C@H](C)NP(=O)(COC)Oc1c(OC)cc([C@@H]2c3cc4c(cc3[C@@H](O[C@@H]3O[C@@H]5CO[C@@H](I)O[C@H]5[C@H](O)[C@H]3O)[C@H]3COC(=O)[C@H]23)OCO4)cc1OC. The highest BCUT2D eigenvalue weighted by molar-refractivity contribution is 14.1. The number of carbonyl (C=O) groups excluding carboxylic acids is 2. The van der Waals surface area contributed by atoms with Crippen molar-refractivity contribution < 1.29 is 81.0 Å². The number of aliphatic hydroxyl groups is 2. The molecule has 1 aliphatic carbocycles. The number of hydrogen-bond acceptors (Lipinski definition) is 17. The maximum Gasteiger partial charge on any atom is 0.342 e. The third-order valence-corrected chi connectivity index (χ3v) is 12.6. The molecule has 20 heteroatoms. The summed E-state index contributed by atoms with van der Waals surface area (Å²) in [5.41, 5.74) is 1.76. The van der Waals surface area contributed by atoms with Gasteiger partial charge in [-0.15, -0.1) is 0 Å². The maximum absolute atomic E-state index is 14.1. The molecule has 0 amide bonds. The van der Waals surface area contributed by atoms with Gasteiger partial charge in [0, 0.05) is 18.9 Å². The number of aliphatic hydroxyl groups excluding tert-OH is 2. The average molecular weight is 908 g/mol. The number of benzene rings is 2. The molecule has 3 N–H and O–H groups in total. The second-order valence-corrected chi connectivity index (χ2v) is 16.5. The number of methoxy groups -OCH3 is 3. The highest BCUT2D eigenvalue weighted by Gasteiger charge is 2.56. The molecule has 3 fully saturated rings. The summed E-state index contributed by atoms with van der Waals surface area (Å²) in [4.78, 5) is 26.2. The Morgan fingerprint density at radius 2 is 1.69 bits per heavy atom. The Morgan fingerprint density at radius 3 is 2.35 bits per heavy atom. The third kappa shape index (κ3) is 7.72. The van der Waals surface area contributed by atoms with Crippen LogP contribution < -0.4 is 28.6 Å². The van der Waals surface area contributed by atoms with Gasteiger partial charge in [-0.25, -0.2) is 5.09 Å². The molecule has 0 radical (unpaired) electrons. The van der Waals surface area contributed by atoms with E-state index in [4.69, 9.17) is 56.6 Å². The van der Waals surface area contributed by atoms with Gasteiger partial charge < -0.3 is 66.8 Å². The van der Waals surface area contributed by atoms with Crippen molar-refractivity contribution in [1.29, 1.82) is 0 Å². The van der Waals surface area contributed by atoms with Crippen molar-refractivity contribution in [2.45, 2.75) is 66.9 Å². The smallest absolute Gasteiger partial charge is 0.342 e. The summed E-state index contributed by atoms with van der Waals surface area (Å²) in [6.45, 7) is 3.31. The summed E-state index contributed by atoms with van der Waals surface area (Å²) < 4.78 is 82.5. The van der Waals surface area contributed by atoms with Gasteiger partial charge in [-0.2, -0.15) is 0 Å². The minimum Gasteiger partial charge on any atom is -0.493 e. The summed E-state index contributed by atoms with van der Waals surface area (Å²) >= 11 is 1.93. The van der Waals surface area contributed by atoms with Crippen LogP contribution in [0.4, 0.5) is 0 Å². The normalized spacial score (nSPS) is 32.3. The zero-order valence-electron chi connectivity index (χ0n) is 30.5. The van der Waals surface area contributed by atoms with Crippen LogP contribution in [0.25, 0.3) is 0 Å². The lowest BCUT2D eigenvalue weighted by Gasteiger charge is -2.47. The highest BCUT2D eigenvalue weighted by atomic mass is 127. The van der Waals surface area contributed by atoms with Crippen molar-refractivity contribution in [2.75, 3.05) is 54.3 Å². The lowest BCUT2D eigenvalue weighted by atomic mass is 9.66. The summed E-state index contributed by atoms with van der Waals surface area (Å²) in [5, 5.41) is 25.0. The van der Waals surface area contributed by atoms with E-state index in [0.29, 0.717) is 28.2 Å². The predicted octanol–water partition coefficient (Wildman–Crippen LogP) is 2.72. The van der Waals surface area contributed by atoms with Gasteiger partial charge in [0.2, 0.25) is 16.8 Å². The summed E-state index contributed by atoms with van der Waals surface area (Å²) in [5.74, 6) is -2.25. The number of hydrogen-bond donors (Lipinski definition) is 3. The fourth-order valence-electron chi connectivity index (χ4n) is 7.68. The zero-order chi connectivity index (χ0) is 39.2. The molecule has 0 spiro atoms. The largest absolute Gasteiger partial charge is 0.493 e. The fraction of sp³-hybridized carbons (Fsp3) is 0.600. The number of halogens is 1. The monoisotopic (exact) mass is 907 g/mol. The molecular weight excluding hydrogens is 864 g/mol. The van der Waals surface area contributed by atoms with Gasteiger partial charge in [-0.1, -0.05) is 0 Å². The van der Waals surface area contributed by atoms with Crippen molar-refractivity contribution in [2.24, 2.45) is 11.8 Å². The van der Waals surface area contributed by atoms with Crippen molar-refractivity contribution in [1.82, 2.24) is 5.09 Å². The minimum atomic E-state index is -3.96. The first-order valence-corrected chi connectivity index (χ1v) is 20.6. The van der Waals surface area contributed by atoms with Crippen LogP contribution in [0.5, 0.6) is 28.7 Å². The molecule has 0 saturated carbocycles. The van der Waals surface area contributed by atoms with E-state index >= 15 is 0 Å². The van der Waals surface area contributed by atoms with Gasteiger partial charge in [0.05, 0.1) is 46.1 Å². The standard InChI is InChI=1S/C35H43INO17P/c1-6-46-32(40)15(2)37-55(42,14-43-3)54-30-22(44-4)7-16(8-23(30)45-5)25-17-9-20-21(50-13-49-20)10-18(17)29(19-11-47-33(41)26(19)25)52-34-28(39)27(38)31-24(51-34)12-48-35(36)53-31/h7-10,15,19,24-29,31,34-35,38-39H,6,11-14H2,1-5H3,(H,37,42)/t15-,19-,24+,25+,26-,27+,28+,29+,31+,34-,35+,55?/m0/s1. The van der Waals surface area contributed by atoms with Crippen LogP contribution in [0.3, 0.4) is 0 Å². The third-order valence-electron chi connectivity index (χ3n) is 10.1. The van der Waals surface area contributed by atoms with Crippen molar-refractivity contribution >= 4 is 42.0 Å². The number of alkyl halides is 1. The molecule has 1 unspecified atom stereocenters. The van der Waals surface area contributed by atoms with Crippen LogP contribution in [-0.2, 0) is 47.3 Å². The van der Waals surface area contributed by atoms with Gasteiger partial charge in [-0.05, 0) is 77.4 Å². The molecule has 5 aliphatic rings. The molecule has 302 valence electrons. The van der Waals surface area contributed by atoms with E-state index < -0.39 is 90.7 Å². The Morgan fingerprint density at radius 1 is 1.00 bits per heavy atom. The lowest BCUT2D eigenvalue weighted by Crippen LogP contribution is -2.63. The van der Waals surface area contributed by atoms with Gasteiger partial charge in [0.1, 0.15) is 36.8 Å². The van der Waals surface area contributed by atoms with Crippen LogP contribution in [0.1, 0.15) is 42.6 Å². The number of esters is 2. The van der Waals surface area contributed by atoms with Gasteiger partial charge >= 0.3 is 19.5 Å². The molecule has 4 aliphatic heterocycles. The molecule has 3 saturated heterocycles. The number of cyclic esters (lactones) is 1. The van der Waals surface area contributed by atoms with Crippen LogP contribution in [-0.4, -0.2) is 117 Å². The molecule has 4 heterocycles. The molecule has 7 rings (SSSR count). The second-order valence-electron chi connectivity index (χ2n) is 13.5. The zero-order valence-corrected chi connectivity index (χ0v) is 33.6. The molecule has 0 aromatic heterocycles. The van der Waals surface area contributed by atoms with E-state index in [0.717, 1.165) is 0 Å². The van der Waals surface area contributed by atoms with Gasteiger partial charge in [0.15, 0.2) is 29.3 Å². The lowest BCUT2D eigenvalue weighted by molar-refractivity contribution is -0.352. The van der Waals surface area contributed by atoms with E-state index in [9.17, 15) is 24.4 Å². The second kappa shape index (κ2) is 16.5. The van der Waals surface area contributed by atoms with E-state index in [1.807, 2.05) is 22.6 Å². The Kier molecular flexibility index (Phi) is 12.1. The van der Waals surface area contributed by atoms with Crippen LogP contribution >= 0.6 is 30.1 Å². The highest BCUT2D eigenvalue weighted by Crippen LogP contribution is 2.58.